The van der Waals surface area contributed by atoms with Crippen LogP contribution in [0.2, 0.25) is 0 Å². The average molecular weight is 130 g/mol. The van der Waals surface area contributed by atoms with Gasteiger partial charge >= 0.3 is 0 Å². The summed E-state index contributed by atoms with van der Waals surface area (Å²) < 4.78 is 5.16. The van der Waals surface area contributed by atoms with E-state index in [0.717, 1.165) is 0 Å². The van der Waals surface area contributed by atoms with Crippen molar-refractivity contribution in [2.24, 2.45) is 0 Å². The predicted molar refractivity (Wildman–Crippen MR) is 37.1 cm³/mol. The van der Waals surface area contributed by atoms with Gasteiger partial charge in [0.2, 0.25) is 0 Å². The van der Waals surface area contributed by atoms with E-state index in [1.165, 1.54) is 0 Å². The molecule has 54 valence electrons. The summed E-state index contributed by atoms with van der Waals surface area (Å²) in [6, 6.07) is 0. The third kappa shape index (κ3) is 4.03. The number of aliphatic hydroxyl groups is 1. The van der Waals surface area contributed by atoms with Gasteiger partial charge in [0.05, 0.1) is 6.10 Å². The molecule has 1 N–H and O–H groups in total. The molecular weight excluding hydrogens is 116 g/mol. The van der Waals surface area contributed by atoms with Gasteiger partial charge in [0.25, 0.3) is 0 Å². The van der Waals surface area contributed by atoms with Crippen molar-refractivity contribution in [3.63, 3.8) is 0 Å². The summed E-state index contributed by atoms with van der Waals surface area (Å²) in [7, 11) is 0. The Morgan fingerprint density at radius 3 is 2.33 bits per heavy atom. The zero-order valence-corrected chi connectivity index (χ0v) is 6.22. The van der Waals surface area contributed by atoms with Crippen LogP contribution in [0, 0.1) is 0 Å². The van der Waals surface area contributed by atoms with Gasteiger partial charge in [0, 0.05) is 0 Å². The highest BCUT2D eigenvalue weighted by atomic mass is 16.5. The summed E-state index contributed by atoms with van der Waals surface area (Å²) in [4.78, 5) is 0. The van der Waals surface area contributed by atoms with Gasteiger partial charge in [0.15, 0.2) is 0 Å². The first kappa shape index (κ1) is 8.50. The van der Waals surface area contributed by atoms with Crippen molar-refractivity contribution in [1.82, 2.24) is 0 Å². The second-order valence-corrected chi connectivity index (χ2v) is 2.08. The highest BCUT2D eigenvalue weighted by Gasteiger charge is 1.95. The minimum atomic E-state index is -0.00528. The summed E-state index contributed by atoms with van der Waals surface area (Å²) >= 11 is 0. The van der Waals surface area contributed by atoms with Crippen molar-refractivity contribution in [2.45, 2.75) is 26.9 Å². The molecule has 0 saturated carbocycles. The van der Waals surface area contributed by atoms with E-state index in [4.69, 9.17) is 9.84 Å². The van der Waals surface area contributed by atoms with Gasteiger partial charge in [-0.05, 0) is 26.8 Å². The largest absolute Gasteiger partial charge is 0.493 e. The third-order valence-corrected chi connectivity index (χ3v) is 0.865. The first-order valence-corrected chi connectivity index (χ1v) is 3.13. The number of hydrogen-bond acceptors (Lipinski definition) is 2. The summed E-state index contributed by atoms with van der Waals surface area (Å²) in [5, 5.41) is 8.58. The molecule has 9 heavy (non-hydrogen) atoms. The molecule has 0 aliphatic heterocycles. The minimum absolute atomic E-state index is 0.00528. The summed E-state index contributed by atoms with van der Waals surface area (Å²) in [6.07, 6.45) is 1.92. The molecule has 2 nitrogen and oxygen atoms in total. The second-order valence-electron chi connectivity index (χ2n) is 2.08. The lowest BCUT2D eigenvalue weighted by Crippen LogP contribution is -2.04. The second kappa shape index (κ2) is 4.39. The molecule has 0 aromatic carbocycles. The molecule has 0 heterocycles. The van der Waals surface area contributed by atoms with E-state index in [9.17, 15) is 0 Å². The Kier molecular flexibility index (Phi) is 4.14. The zero-order chi connectivity index (χ0) is 7.28. The van der Waals surface area contributed by atoms with Crippen molar-refractivity contribution in [3.05, 3.63) is 11.8 Å². The molecule has 0 fully saturated rings. The Hall–Kier alpha value is -0.500. The van der Waals surface area contributed by atoms with Gasteiger partial charge in [-0.3, -0.25) is 0 Å². The summed E-state index contributed by atoms with van der Waals surface area (Å²) in [6.45, 7) is 5.70. The highest BCUT2D eigenvalue weighted by molar-refractivity contribution is 4.89. The van der Waals surface area contributed by atoms with E-state index in [2.05, 4.69) is 0 Å². The minimum Gasteiger partial charge on any atom is -0.493 e. The van der Waals surface area contributed by atoms with Gasteiger partial charge < -0.3 is 9.84 Å². The smallest absolute Gasteiger partial charge is 0.117 e. The maximum absolute atomic E-state index is 8.58. The number of rotatable bonds is 3. The van der Waals surface area contributed by atoms with E-state index >= 15 is 0 Å². The third-order valence-electron chi connectivity index (χ3n) is 0.865. The van der Waals surface area contributed by atoms with E-state index in [1.807, 2.05) is 20.8 Å². The lowest BCUT2D eigenvalue weighted by atomic mass is 10.4. The molecule has 0 bridgehead atoms. The number of aliphatic hydroxyl groups excluding tert-OH is 1. The van der Waals surface area contributed by atoms with Crippen LogP contribution in [0.4, 0.5) is 0 Å². The molecule has 0 amide bonds. The van der Waals surface area contributed by atoms with Crippen LogP contribution in [0.25, 0.3) is 0 Å². The maximum Gasteiger partial charge on any atom is 0.117 e. The molecule has 0 rings (SSSR count). The van der Waals surface area contributed by atoms with E-state index in [-0.39, 0.29) is 12.7 Å². The van der Waals surface area contributed by atoms with Crippen LogP contribution in [0.3, 0.4) is 0 Å². The van der Waals surface area contributed by atoms with Crippen molar-refractivity contribution < 1.29 is 9.84 Å². The Morgan fingerprint density at radius 1 is 1.67 bits per heavy atom. The Labute approximate surface area is 56.1 Å². The standard InChI is InChI=1S/C7H14O2/c1-4-7(5-8)9-6(2)3/h4,6,8H,5H2,1-3H3/b7-4-. The van der Waals surface area contributed by atoms with Crippen molar-refractivity contribution in [1.29, 1.82) is 0 Å². The van der Waals surface area contributed by atoms with Crippen molar-refractivity contribution in [2.75, 3.05) is 6.61 Å². The predicted octanol–water partition coefficient (Wildman–Crippen LogP) is 1.31. The van der Waals surface area contributed by atoms with Crippen LogP contribution < -0.4 is 0 Å². The molecule has 0 aliphatic rings. The van der Waals surface area contributed by atoms with Gasteiger partial charge in [-0.2, -0.15) is 0 Å². The first-order chi connectivity index (χ1) is 4.20. The van der Waals surface area contributed by atoms with E-state index in [1.54, 1.807) is 6.08 Å². The quantitative estimate of drug-likeness (QED) is 0.583. The van der Waals surface area contributed by atoms with Gasteiger partial charge in [0.1, 0.15) is 12.4 Å². The van der Waals surface area contributed by atoms with Gasteiger partial charge in [-0.1, -0.05) is 0 Å². The SMILES string of the molecule is C/C=C(/CO)OC(C)C. The number of hydrogen-bond donors (Lipinski definition) is 1. The highest BCUT2D eigenvalue weighted by Crippen LogP contribution is 1.99. The zero-order valence-electron chi connectivity index (χ0n) is 6.22. The molecular formula is C7H14O2. The topological polar surface area (TPSA) is 29.5 Å². The number of ether oxygens (including phenoxy) is 1. The lowest BCUT2D eigenvalue weighted by molar-refractivity contribution is 0.112. The van der Waals surface area contributed by atoms with Crippen molar-refractivity contribution >= 4 is 0 Å². The Morgan fingerprint density at radius 2 is 2.22 bits per heavy atom. The molecule has 0 aliphatic carbocycles. The van der Waals surface area contributed by atoms with E-state index < -0.39 is 0 Å². The van der Waals surface area contributed by atoms with Gasteiger partial charge in [-0.25, -0.2) is 0 Å². The summed E-state index contributed by atoms with van der Waals surface area (Å²) in [5.74, 6) is 0.644. The van der Waals surface area contributed by atoms with Crippen molar-refractivity contribution in [3.8, 4) is 0 Å². The molecule has 0 saturated heterocycles. The fourth-order valence-electron chi connectivity index (χ4n) is 0.499. The fraction of sp³-hybridized carbons (Fsp3) is 0.714. The lowest BCUT2D eigenvalue weighted by Gasteiger charge is -2.10. The van der Waals surface area contributed by atoms with Crippen LogP contribution in [0.5, 0.6) is 0 Å². The van der Waals surface area contributed by atoms with Crippen LogP contribution in [-0.4, -0.2) is 17.8 Å². The van der Waals surface area contributed by atoms with Gasteiger partial charge in [-0.15, -0.1) is 0 Å². The number of allylic oxidation sites excluding steroid dienone is 1. The summed E-state index contributed by atoms with van der Waals surface area (Å²) in [5.41, 5.74) is 0. The fourth-order valence-corrected chi connectivity index (χ4v) is 0.499. The molecule has 0 radical (unpaired) electrons. The van der Waals surface area contributed by atoms with Crippen LogP contribution in [0.1, 0.15) is 20.8 Å². The average Bonchev–Trinajstić information content (AvgIpc) is 1.82. The monoisotopic (exact) mass is 130 g/mol. The molecule has 0 aromatic rings. The maximum atomic E-state index is 8.58. The van der Waals surface area contributed by atoms with Crippen LogP contribution in [0.15, 0.2) is 11.8 Å². The molecule has 0 unspecified atom stereocenters. The molecule has 0 aromatic heterocycles. The normalized spacial score (nSPS) is 12.3. The van der Waals surface area contributed by atoms with E-state index in [0.29, 0.717) is 5.76 Å². The Balaban J connectivity index is 3.58. The first-order valence-electron chi connectivity index (χ1n) is 3.13. The van der Waals surface area contributed by atoms with Crippen LogP contribution >= 0.6 is 0 Å². The molecule has 0 atom stereocenters. The Bertz CT molecular complexity index is 95.1. The molecule has 2 heteroatoms. The molecule has 0 spiro atoms. The van der Waals surface area contributed by atoms with Crippen LogP contribution in [-0.2, 0) is 4.74 Å².